The van der Waals surface area contributed by atoms with E-state index in [0.717, 1.165) is 19.3 Å². The lowest BCUT2D eigenvalue weighted by Gasteiger charge is -2.22. The van der Waals surface area contributed by atoms with Crippen LogP contribution in [0.1, 0.15) is 38.5 Å². The molecule has 16 heavy (non-hydrogen) atoms. The summed E-state index contributed by atoms with van der Waals surface area (Å²) < 4.78 is 35.7. The van der Waals surface area contributed by atoms with Crippen LogP contribution in [-0.4, -0.2) is 29.3 Å². The summed E-state index contributed by atoms with van der Waals surface area (Å²) in [5, 5.41) is 11.9. The molecule has 2 unspecified atom stereocenters. The van der Waals surface area contributed by atoms with Gasteiger partial charge < -0.3 is 10.4 Å². The van der Waals surface area contributed by atoms with Gasteiger partial charge in [0.15, 0.2) is 0 Å². The van der Waals surface area contributed by atoms with Crippen LogP contribution in [-0.2, 0) is 4.79 Å². The molecule has 0 aliphatic heterocycles. The van der Waals surface area contributed by atoms with Crippen molar-refractivity contribution >= 4 is 5.91 Å². The average Bonchev–Trinajstić information content (AvgIpc) is 2.29. The predicted molar refractivity (Wildman–Crippen MR) is 51.7 cm³/mol. The SMILES string of the molecule is O=C(CC(F)(F)F)NC1CCCCCC1O. The molecule has 2 N–H and O–H groups in total. The third-order valence-electron chi connectivity index (χ3n) is 2.69. The van der Waals surface area contributed by atoms with Crippen LogP contribution in [0.5, 0.6) is 0 Å². The number of carbonyl (C=O) groups is 1. The number of nitrogens with one attached hydrogen (secondary N) is 1. The van der Waals surface area contributed by atoms with Gasteiger partial charge in [-0.2, -0.15) is 13.2 Å². The summed E-state index contributed by atoms with van der Waals surface area (Å²) in [5.41, 5.74) is 0. The van der Waals surface area contributed by atoms with Crippen LogP contribution < -0.4 is 5.32 Å². The van der Waals surface area contributed by atoms with E-state index < -0.39 is 30.7 Å². The maximum atomic E-state index is 11.9. The molecule has 0 heterocycles. The van der Waals surface area contributed by atoms with Crippen molar-refractivity contribution in [3.63, 3.8) is 0 Å². The molecule has 1 aliphatic rings. The number of rotatable bonds is 2. The van der Waals surface area contributed by atoms with Crippen LogP contribution in [0.25, 0.3) is 0 Å². The third-order valence-corrected chi connectivity index (χ3v) is 2.69. The lowest BCUT2D eigenvalue weighted by atomic mass is 10.1. The van der Waals surface area contributed by atoms with Gasteiger partial charge in [0.05, 0.1) is 12.1 Å². The van der Waals surface area contributed by atoms with E-state index in [1.54, 1.807) is 0 Å². The van der Waals surface area contributed by atoms with E-state index in [0.29, 0.717) is 12.8 Å². The number of amides is 1. The smallest absolute Gasteiger partial charge is 0.391 e. The molecule has 0 saturated heterocycles. The minimum absolute atomic E-state index is 0.530. The maximum Gasteiger partial charge on any atom is 0.397 e. The van der Waals surface area contributed by atoms with Crippen molar-refractivity contribution in [3.8, 4) is 0 Å². The number of aliphatic hydroxyl groups excluding tert-OH is 1. The van der Waals surface area contributed by atoms with E-state index >= 15 is 0 Å². The van der Waals surface area contributed by atoms with E-state index in [2.05, 4.69) is 5.32 Å². The Morgan fingerprint density at radius 1 is 1.25 bits per heavy atom. The van der Waals surface area contributed by atoms with Gasteiger partial charge in [-0.3, -0.25) is 4.79 Å². The molecule has 0 bridgehead atoms. The normalized spacial score (nSPS) is 27.2. The molecule has 0 aromatic rings. The number of alkyl halides is 3. The van der Waals surface area contributed by atoms with Crippen molar-refractivity contribution in [2.24, 2.45) is 0 Å². The summed E-state index contributed by atoms with van der Waals surface area (Å²) in [4.78, 5) is 11.0. The first kappa shape index (κ1) is 13.3. The van der Waals surface area contributed by atoms with Gasteiger partial charge in [0.25, 0.3) is 0 Å². The van der Waals surface area contributed by atoms with Crippen molar-refractivity contribution in [2.45, 2.75) is 56.8 Å². The maximum absolute atomic E-state index is 11.9. The Morgan fingerprint density at radius 3 is 2.50 bits per heavy atom. The highest BCUT2D eigenvalue weighted by atomic mass is 19.4. The van der Waals surface area contributed by atoms with Crippen molar-refractivity contribution in [1.82, 2.24) is 5.32 Å². The summed E-state index contributed by atoms with van der Waals surface area (Å²) in [6.45, 7) is 0. The van der Waals surface area contributed by atoms with Gasteiger partial charge in [-0.15, -0.1) is 0 Å². The Morgan fingerprint density at radius 2 is 1.88 bits per heavy atom. The summed E-state index contributed by atoms with van der Waals surface area (Å²) in [5.74, 6) is -1.06. The van der Waals surface area contributed by atoms with Crippen LogP contribution in [0.2, 0.25) is 0 Å². The quantitative estimate of drug-likeness (QED) is 0.721. The Kier molecular flexibility index (Phi) is 4.58. The minimum atomic E-state index is -4.49. The molecule has 0 aromatic carbocycles. The van der Waals surface area contributed by atoms with Crippen molar-refractivity contribution in [3.05, 3.63) is 0 Å². The number of hydrogen-bond acceptors (Lipinski definition) is 2. The Hall–Kier alpha value is -0.780. The lowest BCUT2D eigenvalue weighted by molar-refractivity contribution is -0.154. The Balaban J connectivity index is 2.42. The molecule has 1 fully saturated rings. The summed E-state index contributed by atoms with van der Waals surface area (Å²) >= 11 is 0. The molecule has 1 saturated carbocycles. The number of hydrogen-bond donors (Lipinski definition) is 2. The molecule has 0 radical (unpaired) electrons. The number of halogens is 3. The fourth-order valence-corrected chi connectivity index (χ4v) is 1.90. The molecule has 1 amide bonds. The Labute approximate surface area is 92.0 Å². The zero-order valence-electron chi connectivity index (χ0n) is 8.89. The zero-order valence-corrected chi connectivity index (χ0v) is 8.89. The first-order valence-corrected chi connectivity index (χ1v) is 5.42. The van der Waals surface area contributed by atoms with Gasteiger partial charge in [0.1, 0.15) is 6.42 Å². The van der Waals surface area contributed by atoms with E-state index in [1.165, 1.54) is 0 Å². The van der Waals surface area contributed by atoms with Crippen LogP contribution in [0.15, 0.2) is 0 Å². The second-order valence-electron chi connectivity index (χ2n) is 4.17. The van der Waals surface area contributed by atoms with Crippen molar-refractivity contribution in [1.29, 1.82) is 0 Å². The van der Waals surface area contributed by atoms with Gasteiger partial charge in [0, 0.05) is 0 Å². The molecule has 1 rings (SSSR count). The van der Waals surface area contributed by atoms with E-state index in [1.807, 2.05) is 0 Å². The fraction of sp³-hybridized carbons (Fsp3) is 0.900. The summed E-state index contributed by atoms with van der Waals surface area (Å²) in [6, 6.07) is -0.530. The van der Waals surface area contributed by atoms with Crippen LogP contribution in [0.4, 0.5) is 13.2 Å². The highest BCUT2D eigenvalue weighted by Gasteiger charge is 2.33. The number of aliphatic hydroxyl groups is 1. The third kappa shape index (κ3) is 4.83. The van der Waals surface area contributed by atoms with E-state index in [4.69, 9.17) is 0 Å². The zero-order chi connectivity index (χ0) is 12.2. The van der Waals surface area contributed by atoms with Crippen LogP contribution >= 0.6 is 0 Å². The van der Waals surface area contributed by atoms with Gasteiger partial charge in [-0.1, -0.05) is 19.3 Å². The topological polar surface area (TPSA) is 49.3 Å². The fourth-order valence-electron chi connectivity index (χ4n) is 1.90. The highest BCUT2D eigenvalue weighted by molar-refractivity contribution is 5.76. The second-order valence-corrected chi connectivity index (χ2v) is 4.17. The van der Waals surface area contributed by atoms with Crippen molar-refractivity contribution < 1.29 is 23.1 Å². The molecule has 6 heteroatoms. The summed E-state index contributed by atoms with van der Waals surface area (Å²) in [7, 11) is 0. The molecule has 94 valence electrons. The van der Waals surface area contributed by atoms with Gasteiger partial charge in [0.2, 0.25) is 5.91 Å². The molecule has 0 spiro atoms. The Bertz CT molecular complexity index is 243. The molecule has 1 aliphatic carbocycles. The average molecular weight is 239 g/mol. The standard InChI is InChI=1S/C10H16F3NO2/c11-10(12,13)6-9(16)14-7-4-2-1-3-5-8(7)15/h7-8,15H,1-6H2,(H,14,16). The molecular weight excluding hydrogens is 223 g/mol. The van der Waals surface area contributed by atoms with E-state index in [9.17, 15) is 23.1 Å². The van der Waals surface area contributed by atoms with Crippen LogP contribution in [0, 0.1) is 0 Å². The van der Waals surface area contributed by atoms with Gasteiger partial charge >= 0.3 is 6.18 Å². The monoisotopic (exact) mass is 239 g/mol. The van der Waals surface area contributed by atoms with Gasteiger partial charge in [-0.25, -0.2) is 0 Å². The van der Waals surface area contributed by atoms with E-state index in [-0.39, 0.29) is 0 Å². The second kappa shape index (κ2) is 5.52. The lowest BCUT2D eigenvalue weighted by Crippen LogP contribution is -2.43. The first-order valence-electron chi connectivity index (χ1n) is 5.42. The van der Waals surface area contributed by atoms with Crippen LogP contribution in [0.3, 0.4) is 0 Å². The van der Waals surface area contributed by atoms with Gasteiger partial charge in [-0.05, 0) is 12.8 Å². The molecule has 2 atom stereocenters. The minimum Gasteiger partial charge on any atom is -0.391 e. The molecular formula is C10H16F3NO2. The number of carbonyl (C=O) groups excluding carboxylic acids is 1. The molecule has 3 nitrogen and oxygen atoms in total. The van der Waals surface area contributed by atoms with Crippen molar-refractivity contribution in [2.75, 3.05) is 0 Å². The highest BCUT2D eigenvalue weighted by Crippen LogP contribution is 2.21. The summed E-state index contributed by atoms with van der Waals surface area (Å²) in [6.07, 6.45) is -2.97. The molecule has 0 aromatic heterocycles. The largest absolute Gasteiger partial charge is 0.397 e. The predicted octanol–water partition coefficient (Wildman–Crippen LogP) is 1.75. The first-order chi connectivity index (χ1) is 7.38.